The Morgan fingerprint density at radius 2 is 1.66 bits per heavy atom. The minimum absolute atomic E-state index is 0.0915. The van der Waals surface area contributed by atoms with Gasteiger partial charge >= 0.3 is 5.97 Å². The largest absolute Gasteiger partial charge is 0.480 e. The molecule has 0 aliphatic rings. The first-order chi connectivity index (χ1) is 14.9. The molecule has 0 fully saturated rings. The average molecular weight is 475 g/mol. The van der Waals surface area contributed by atoms with Crippen LogP contribution in [-0.4, -0.2) is 71.3 Å². The fourth-order valence-electron chi connectivity index (χ4n) is 2.60. The van der Waals surface area contributed by atoms with Gasteiger partial charge in [-0.3, -0.25) is 24.2 Å². The van der Waals surface area contributed by atoms with Crippen LogP contribution in [0.25, 0.3) is 0 Å². The van der Waals surface area contributed by atoms with Crippen molar-refractivity contribution in [1.82, 2.24) is 16.0 Å². The maximum atomic E-state index is 12.3. The SMILES string of the molecule is CC(=O)SCC(CC(C)C)C(=O)NCC(=O)NCC(=O)N[C@@H](CCCN=C(N)N)C(=O)O. The third kappa shape index (κ3) is 15.0. The van der Waals surface area contributed by atoms with Gasteiger partial charge in [-0.15, -0.1) is 0 Å². The van der Waals surface area contributed by atoms with Gasteiger partial charge in [-0.1, -0.05) is 25.6 Å². The molecular weight excluding hydrogens is 440 g/mol. The number of carbonyl (C=O) groups is 5. The summed E-state index contributed by atoms with van der Waals surface area (Å²) in [5, 5.41) is 16.2. The Morgan fingerprint density at radius 3 is 2.19 bits per heavy atom. The number of guanidine groups is 1. The molecule has 182 valence electrons. The van der Waals surface area contributed by atoms with E-state index in [0.717, 1.165) is 11.8 Å². The zero-order valence-corrected chi connectivity index (χ0v) is 19.5. The third-order valence-corrected chi connectivity index (χ3v) is 5.04. The lowest BCUT2D eigenvalue weighted by atomic mass is 9.98. The van der Waals surface area contributed by atoms with Crippen LogP contribution in [0.1, 0.15) is 40.0 Å². The average Bonchev–Trinajstić information content (AvgIpc) is 2.69. The molecule has 12 nitrogen and oxygen atoms in total. The molecule has 0 aromatic carbocycles. The summed E-state index contributed by atoms with van der Waals surface area (Å²) < 4.78 is 0. The van der Waals surface area contributed by atoms with Crippen molar-refractivity contribution >= 4 is 46.5 Å². The molecule has 0 rings (SSSR count). The van der Waals surface area contributed by atoms with E-state index in [1.807, 2.05) is 13.8 Å². The fourth-order valence-corrected chi connectivity index (χ4v) is 3.32. The van der Waals surface area contributed by atoms with Crippen LogP contribution >= 0.6 is 11.8 Å². The van der Waals surface area contributed by atoms with E-state index >= 15 is 0 Å². The summed E-state index contributed by atoms with van der Waals surface area (Å²) in [4.78, 5) is 62.4. The zero-order valence-electron chi connectivity index (χ0n) is 18.7. The first-order valence-electron chi connectivity index (χ1n) is 10.2. The molecular formula is C19H34N6O6S. The molecule has 2 atom stereocenters. The number of nitrogens with one attached hydrogen (secondary N) is 3. The van der Waals surface area contributed by atoms with Gasteiger partial charge in [-0.25, -0.2) is 4.79 Å². The van der Waals surface area contributed by atoms with Crippen LogP contribution in [0.15, 0.2) is 4.99 Å². The van der Waals surface area contributed by atoms with E-state index in [1.54, 1.807) is 0 Å². The molecule has 0 aliphatic carbocycles. The van der Waals surface area contributed by atoms with E-state index in [0.29, 0.717) is 18.6 Å². The smallest absolute Gasteiger partial charge is 0.326 e. The maximum absolute atomic E-state index is 12.3. The Labute approximate surface area is 191 Å². The molecule has 8 N–H and O–H groups in total. The molecule has 0 radical (unpaired) electrons. The van der Waals surface area contributed by atoms with Gasteiger partial charge < -0.3 is 32.5 Å². The quantitative estimate of drug-likeness (QED) is 0.0954. The first kappa shape index (κ1) is 29.2. The molecule has 0 saturated carbocycles. The van der Waals surface area contributed by atoms with E-state index < -0.39 is 36.3 Å². The van der Waals surface area contributed by atoms with Crippen LogP contribution in [0.3, 0.4) is 0 Å². The number of carboxylic acid groups (broad SMARTS) is 1. The summed E-state index contributed by atoms with van der Waals surface area (Å²) in [6.07, 6.45) is 1.01. The minimum atomic E-state index is -1.22. The Kier molecular flexibility index (Phi) is 14.5. The van der Waals surface area contributed by atoms with Crippen LogP contribution in [-0.2, 0) is 24.0 Å². The lowest BCUT2D eigenvalue weighted by molar-refractivity contribution is -0.142. The number of carbonyl (C=O) groups excluding carboxylic acids is 4. The van der Waals surface area contributed by atoms with Gasteiger partial charge in [0.1, 0.15) is 6.04 Å². The molecule has 13 heteroatoms. The lowest BCUT2D eigenvalue weighted by Crippen LogP contribution is -2.47. The van der Waals surface area contributed by atoms with Gasteiger partial charge in [0.25, 0.3) is 0 Å². The number of thioether (sulfide) groups is 1. The Hall–Kier alpha value is -2.83. The Balaban J connectivity index is 4.44. The summed E-state index contributed by atoms with van der Waals surface area (Å²) in [5.74, 6) is -2.83. The van der Waals surface area contributed by atoms with Gasteiger partial charge in [-0.05, 0) is 25.2 Å². The predicted octanol–water partition coefficient (Wildman–Crippen LogP) is -1.22. The summed E-state index contributed by atoms with van der Waals surface area (Å²) in [6, 6.07) is -1.15. The van der Waals surface area contributed by atoms with Crippen molar-refractivity contribution in [2.45, 2.75) is 46.1 Å². The molecule has 1 unspecified atom stereocenters. The third-order valence-electron chi connectivity index (χ3n) is 4.06. The highest BCUT2D eigenvalue weighted by Gasteiger charge is 2.22. The van der Waals surface area contributed by atoms with Crippen LogP contribution in [0.4, 0.5) is 0 Å². The number of aliphatic imine (C=N–C) groups is 1. The van der Waals surface area contributed by atoms with E-state index in [1.165, 1.54) is 6.92 Å². The van der Waals surface area contributed by atoms with Crippen LogP contribution in [0.2, 0.25) is 0 Å². The Bertz CT molecular complexity index is 696. The molecule has 0 bridgehead atoms. The van der Waals surface area contributed by atoms with Gasteiger partial charge in [0.2, 0.25) is 17.7 Å². The van der Waals surface area contributed by atoms with Crippen molar-refractivity contribution in [3.63, 3.8) is 0 Å². The van der Waals surface area contributed by atoms with Crippen molar-refractivity contribution < 1.29 is 29.1 Å². The van der Waals surface area contributed by atoms with Crippen LogP contribution in [0, 0.1) is 11.8 Å². The molecule has 0 aliphatic heterocycles. The molecule has 32 heavy (non-hydrogen) atoms. The second-order valence-electron chi connectivity index (χ2n) is 7.53. The summed E-state index contributed by atoms with van der Waals surface area (Å²) in [7, 11) is 0. The van der Waals surface area contributed by atoms with E-state index in [9.17, 15) is 29.1 Å². The number of rotatable bonds is 15. The summed E-state index contributed by atoms with van der Waals surface area (Å²) >= 11 is 1.05. The van der Waals surface area contributed by atoms with Gasteiger partial charge in [-0.2, -0.15) is 0 Å². The van der Waals surface area contributed by atoms with E-state index in [4.69, 9.17) is 11.5 Å². The fraction of sp³-hybridized carbons (Fsp3) is 0.684. The highest BCUT2D eigenvalue weighted by molar-refractivity contribution is 8.13. The van der Waals surface area contributed by atoms with Gasteiger partial charge in [0, 0.05) is 25.1 Å². The monoisotopic (exact) mass is 474 g/mol. The second kappa shape index (κ2) is 15.9. The number of aliphatic carboxylic acids is 1. The molecule has 0 spiro atoms. The Morgan fingerprint density at radius 1 is 1.03 bits per heavy atom. The van der Waals surface area contributed by atoms with Crippen LogP contribution in [0.5, 0.6) is 0 Å². The van der Waals surface area contributed by atoms with Crippen molar-refractivity contribution in [1.29, 1.82) is 0 Å². The van der Waals surface area contributed by atoms with Crippen LogP contribution < -0.4 is 27.4 Å². The van der Waals surface area contributed by atoms with Crippen molar-refractivity contribution in [2.24, 2.45) is 28.3 Å². The van der Waals surface area contributed by atoms with Gasteiger partial charge in [0.05, 0.1) is 13.1 Å². The topological polar surface area (TPSA) is 206 Å². The standard InChI is InChI=1S/C19H34N6O6S/c1-11(2)7-13(10-32-12(3)26)17(29)24-8-15(27)23-9-16(28)25-14(18(30)31)5-4-6-22-19(20)21/h11,13-14H,4-10H2,1-3H3,(H,23,27)(H,24,29)(H,25,28)(H,30,31)(H4,20,21,22)/t13?,14-/m0/s1. The number of nitrogens with zero attached hydrogens (tertiary/aromatic N) is 1. The van der Waals surface area contributed by atoms with Crippen molar-refractivity contribution in [2.75, 3.05) is 25.4 Å². The molecule has 0 aromatic heterocycles. The normalized spacial score (nSPS) is 12.4. The number of carboxylic acids is 1. The van der Waals surface area contributed by atoms with E-state index in [2.05, 4.69) is 20.9 Å². The lowest BCUT2D eigenvalue weighted by Gasteiger charge is -2.18. The zero-order chi connectivity index (χ0) is 24.7. The van der Waals surface area contributed by atoms with Gasteiger partial charge in [0.15, 0.2) is 11.1 Å². The van der Waals surface area contributed by atoms with Crippen molar-refractivity contribution in [3.05, 3.63) is 0 Å². The first-order valence-corrected chi connectivity index (χ1v) is 11.2. The molecule has 0 aromatic rings. The van der Waals surface area contributed by atoms with Crippen molar-refractivity contribution in [3.8, 4) is 0 Å². The molecule has 3 amide bonds. The number of amides is 3. The highest BCUT2D eigenvalue weighted by Crippen LogP contribution is 2.18. The second-order valence-corrected chi connectivity index (χ2v) is 8.73. The molecule has 0 heterocycles. The predicted molar refractivity (Wildman–Crippen MR) is 122 cm³/mol. The summed E-state index contributed by atoms with van der Waals surface area (Å²) in [6.45, 7) is 4.77. The van der Waals surface area contributed by atoms with E-state index in [-0.39, 0.29) is 42.4 Å². The minimum Gasteiger partial charge on any atom is -0.480 e. The maximum Gasteiger partial charge on any atom is 0.326 e. The summed E-state index contributed by atoms with van der Waals surface area (Å²) in [5.41, 5.74) is 10.4. The number of nitrogens with two attached hydrogens (primary N) is 2. The highest BCUT2D eigenvalue weighted by atomic mass is 32.2. The number of hydrogen-bond acceptors (Lipinski definition) is 7. The molecule has 0 saturated heterocycles. The number of hydrogen-bond donors (Lipinski definition) is 6.